The third-order valence-electron chi connectivity index (χ3n) is 4.46. The lowest BCUT2D eigenvalue weighted by atomic mass is 10.2. The molecule has 0 aliphatic rings. The molecule has 0 saturated carbocycles. The van der Waals surface area contributed by atoms with Crippen molar-refractivity contribution in [2.45, 2.75) is 22.9 Å². The van der Waals surface area contributed by atoms with Crippen LogP contribution in [0.3, 0.4) is 0 Å². The van der Waals surface area contributed by atoms with Crippen molar-refractivity contribution in [1.82, 2.24) is 29.3 Å². The molecule has 0 radical (unpaired) electrons. The van der Waals surface area contributed by atoms with Gasteiger partial charge in [0.2, 0.25) is 9.84 Å². The zero-order chi connectivity index (χ0) is 20.6. The van der Waals surface area contributed by atoms with Crippen molar-refractivity contribution in [2.75, 3.05) is 6.61 Å². The topological polar surface area (TPSA) is 125 Å². The van der Waals surface area contributed by atoms with Gasteiger partial charge >= 0.3 is 0 Å². The molecule has 0 fully saturated rings. The van der Waals surface area contributed by atoms with E-state index in [1.165, 1.54) is 46.2 Å². The second kappa shape index (κ2) is 7.26. The van der Waals surface area contributed by atoms with E-state index in [1.54, 1.807) is 24.0 Å². The van der Waals surface area contributed by atoms with Crippen LogP contribution in [0.15, 0.2) is 63.6 Å². The zero-order valence-electron chi connectivity index (χ0n) is 15.5. The normalized spacial score (nSPS) is 11.9. The Bertz CT molecular complexity index is 1350. The Morgan fingerprint density at radius 3 is 2.66 bits per heavy atom. The molecule has 0 atom stereocenters. The highest BCUT2D eigenvalue weighted by molar-refractivity contribution is 7.91. The van der Waals surface area contributed by atoms with Crippen LogP contribution in [0.2, 0.25) is 0 Å². The molecule has 1 aromatic carbocycles. The lowest BCUT2D eigenvalue weighted by molar-refractivity contribution is 0.269. The number of hydrogen-bond donors (Lipinski definition) is 1. The van der Waals surface area contributed by atoms with E-state index in [9.17, 15) is 13.2 Å². The fraction of sp³-hybridized carbons (Fsp3) is 0.222. The van der Waals surface area contributed by atoms with Crippen molar-refractivity contribution in [2.24, 2.45) is 7.05 Å². The van der Waals surface area contributed by atoms with E-state index in [4.69, 9.17) is 5.11 Å². The lowest BCUT2D eigenvalue weighted by Crippen LogP contribution is -2.23. The second-order valence-electron chi connectivity index (χ2n) is 6.50. The molecular weight excluding hydrogens is 396 g/mol. The summed E-state index contributed by atoms with van der Waals surface area (Å²) in [7, 11) is -2.02. The quantitative estimate of drug-likeness (QED) is 0.478. The van der Waals surface area contributed by atoms with Crippen molar-refractivity contribution in [3.63, 3.8) is 0 Å². The molecule has 150 valence electrons. The number of hydrogen-bond acceptors (Lipinski definition) is 7. The number of benzene rings is 1. The summed E-state index contributed by atoms with van der Waals surface area (Å²) in [5, 5.41) is 22.1. The monoisotopic (exact) mass is 414 g/mol. The van der Waals surface area contributed by atoms with E-state index in [1.807, 2.05) is 0 Å². The molecule has 0 aliphatic heterocycles. The van der Waals surface area contributed by atoms with Crippen LogP contribution < -0.4 is 5.56 Å². The van der Waals surface area contributed by atoms with Gasteiger partial charge in [0.15, 0.2) is 0 Å². The maximum Gasteiger partial charge on any atom is 0.274 e. The zero-order valence-corrected chi connectivity index (χ0v) is 16.3. The SMILES string of the molecule is Cn1ccc(Cn2ncc3cc(S(=O)(=O)c4cnn(CCO)c4)ccc3c2=O)n1. The van der Waals surface area contributed by atoms with Crippen LogP contribution in [-0.2, 0) is 30.0 Å². The summed E-state index contributed by atoms with van der Waals surface area (Å²) in [6, 6.07) is 6.10. The molecule has 1 N–H and O–H groups in total. The molecule has 0 amide bonds. The molecule has 0 aliphatic carbocycles. The first-order valence-electron chi connectivity index (χ1n) is 8.75. The third kappa shape index (κ3) is 3.57. The number of nitrogens with zero attached hydrogens (tertiary/aromatic N) is 6. The van der Waals surface area contributed by atoms with Crippen molar-refractivity contribution >= 4 is 20.6 Å². The molecule has 0 spiro atoms. The average Bonchev–Trinajstić information content (AvgIpc) is 3.33. The number of aryl methyl sites for hydroxylation is 1. The smallest absolute Gasteiger partial charge is 0.274 e. The number of aliphatic hydroxyl groups is 1. The molecule has 4 rings (SSSR count). The number of rotatable bonds is 6. The van der Waals surface area contributed by atoms with Gasteiger partial charge in [-0.3, -0.25) is 14.2 Å². The Morgan fingerprint density at radius 1 is 1.10 bits per heavy atom. The first-order valence-corrected chi connectivity index (χ1v) is 10.2. The van der Waals surface area contributed by atoms with E-state index in [2.05, 4.69) is 15.3 Å². The summed E-state index contributed by atoms with van der Waals surface area (Å²) < 4.78 is 30.0. The van der Waals surface area contributed by atoms with Crippen molar-refractivity contribution in [1.29, 1.82) is 0 Å². The summed E-state index contributed by atoms with van der Waals surface area (Å²) in [5.74, 6) is 0. The Kier molecular flexibility index (Phi) is 4.76. The molecule has 0 saturated heterocycles. The molecule has 0 unspecified atom stereocenters. The van der Waals surface area contributed by atoms with Crippen LogP contribution in [0.4, 0.5) is 0 Å². The number of sulfone groups is 1. The minimum atomic E-state index is -3.81. The second-order valence-corrected chi connectivity index (χ2v) is 8.45. The van der Waals surface area contributed by atoms with Crippen molar-refractivity contribution in [3.05, 3.63) is 65.1 Å². The maximum absolute atomic E-state index is 12.9. The molecule has 0 bridgehead atoms. The van der Waals surface area contributed by atoms with E-state index >= 15 is 0 Å². The predicted octanol–water partition coefficient (Wildman–Crippen LogP) is 0.200. The van der Waals surface area contributed by atoms with Crippen LogP contribution in [0.1, 0.15) is 5.69 Å². The molecule has 11 heteroatoms. The number of aliphatic hydroxyl groups excluding tert-OH is 1. The Labute approximate surface area is 165 Å². The van der Waals surface area contributed by atoms with Gasteiger partial charge < -0.3 is 5.11 Å². The first kappa shape index (κ1) is 19.0. The first-order chi connectivity index (χ1) is 13.9. The number of aromatic nitrogens is 6. The Morgan fingerprint density at radius 2 is 1.93 bits per heavy atom. The minimum Gasteiger partial charge on any atom is -0.394 e. The highest BCUT2D eigenvalue weighted by Gasteiger charge is 2.21. The molecule has 4 aromatic rings. The largest absolute Gasteiger partial charge is 0.394 e. The van der Waals surface area contributed by atoms with Gasteiger partial charge in [-0.25, -0.2) is 13.1 Å². The minimum absolute atomic E-state index is 0.0155. The van der Waals surface area contributed by atoms with E-state index in [0.717, 1.165) is 0 Å². The molecule has 3 heterocycles. The van der Waals surface area contributed by atoms with Gasteiger partial charge in [0.25, 0.3) is 5.56 Å². The fourth-order valence-electron chi connectivity index (χ4n) is 2.99. The summed E-state index contributed by atoms with van der Waals surface area (Å²) >= 11 is 0. The van der Waals surface area contributed by atoms with E-state index < -0.39 is 9.84 Å². The Hall–Kier alpha value is -3.31. The van der Waals surface area contributed by atoms with Crippen LogP contribution in [0, 0.1) is 0 Å². The van der Waals surface area contributed by atoms with Gasteiger partial charge in [-0.1, -0.05) is 0 Å². The standard InChI is InChI=1S/C18H18N6O4S/c1-22-5-4-14(21-22)11-24-18(26)17-3-2-15(8-13(17)9-20-24)29(27,28)16-10-19-23(12-16)6-7-25/h2-5,8-10,12,25H,6-7,11H2,1H3. The van der Waals surface area contributed by atoms with Crippen molar-refractivity contribution in [3.8, 4) is 0 Å². The summed E-state index contributed by atoms with van der Waals surface area (Å²) in [6.45, 7) is 0.278. The Balaban J connectivity index is 1.70. The molecule has 3 aromatic heterocycles. The predicted molar refractivity (Wildman–Crippen MR) is 103 cm³/mol. The van der Waals surface area contributed by atoms with Gasteiger partial charge in [0, 0.05) is 24.8 Å². The van der Waals surface area contributed by atoms with Gasteiger partial charge in [0.1, 0.15) is 4.90 Å². The molecule has 10 nitrogen and oxygen atoms in total. The maximum atomic E-state index is 12.9. The summed E-state index contributed by atoms with van der Waals surface area (Å²) in [5.41, 5.74) is 0.369. The van der Waals surface area contributed by atoms with Gasteiger partial charge in [-0.2, -0.15) is 15.3 Å². The van der Waals surface area contributed by atoms with Gasteiger partial charge in [0.05, 0.1) is 48.1 Å². The molecule has 29 heavy (non-hydrogen) atoms. The lowest BCUT2D eigenvalue weighted by Gasteiger charge is -2.07. The summed E-state index contributed by atoms with van der Waals surface area (Å²) in [6.07, 6.45) is 5.84. The van der Waals surface area contributed by atoms with Gasteiger partial charge in [-0.05, 0) is 24.3 Å². The van der Waals surface area contributed by atoms with Crippen molar-refractivity contribution < 1.29 is 13.5 Å². The highest BCUT2D eigenvalue weighted by Crippen LogP contribution is 2.23. The van der Waals surface area contributed by atoms with Crippen LogP contribution in [0.5, 0.6) is 0 Å². The van der Waals surface area contributed by atoms with Crippen LogP contribution in [0.25, 0.3) is 10.8 Å². The fourth-order valence-corrected chi connectivity index (χ4v) is 4.24. The summed E-state index contributed by atoms with van der Waals surface area (Å²) in [4.78, 5) is 12.8. The van der Waals surface area contributed by atoms with Crippen LogP contribution in [-0.4, -0.2) is 49.5 Å². The average molecular weight is 414 g/mol. The molecular formula is C18H18N6O4S. The van der Waals surface area contributed by atoms with E-state index in [-0.39, 0.29) is 35.0 Å². The number of fused-ring (bicyclic) bond motifs is 1. The van der Waals surface area contributed by atoms with Crippen LogP contribution >= 0.6 is 0 Å². The van der Waals surface area contributed by atoms with Gasteiger partial charge in [-0.15, -0.1) is 0 Å². The highest BCUT2D eigenvalue weighted by atomic mass is 32.2. The third-order valence-corrected chi connectivity index (χ3v) is 6.17. The van der Waals surface area contributed by atoms with E-state index in [0.29, 0.717) is 16.5 Å².